The van der Waals surface area contributed by atoms with Gasteiger partial charge in [-0.3, -0.25) is 0 Å². The van der Waals surface area contributed by atoms with Gasteiger partial charge < -0.3 is 20.3 Å². The van der Waals surface area contributed by atoms with Crippen molar-refractivity contribution in [2.24, 2.45) is 0 Å². The van der Waals surface area contributed by atoms with Gasteiger partial charge in [0.25, 0.3) is 0 Å². The summed E-state index contributed by atoms with van der Waals surface area (Å²) in [7, 11) is 0. The molecule has 2 fully saturated rings. The Morgan fingerprint density at radius 2 is 1.94 bits per heavy atom. The molecule has 1 spiro atoms. The normalized spacial score (nSPS) is 30.1. The molecule has 98 valence electrons. The number of benzene rings is 1. The summed E-state index contributed by atoms with van der Waals surface area (Å²) in [5, 5.41) is 9.49. The van der Waals surface area contributed by atoms with Gasteiger partial charge in [-0.05, 0) is 18.9 Å². The average molecular weight is 249 g/mol. The molecule has 0 aromatic heterocycles. The first-order valence-electron chi connectivity index (χ1n) is 6.55. The quantitative estimate of drug-likeness (QED) is 0.787. The molecule has 1 aliphatic carbocycles. The highest BCUT2D eigenvalue weighted by molar-refractivity contribution is 5.48. The first kappa shape index (κ1) is 12.0. The third-order valence-electron chi connectivity index (χ3n) is 3.89. The topological polar surface area (TPSA) is 64.7 Å². The number of aliphatic hydroxyl groups excluding tert-OH is 1. The van der Waals surface area contributed by atoms with Crippen LogP contribution in [0.4, 0.5) is 5.69 Å². The second-order valence-electron chi connectivity index (χ2n) is 5.12. The highest BCUT2D eigenvalue weighted by atomic mass is 16.8. The van der Waals surface area contributed by atoms with Crippen LogP contribution in [0.1, 0.15) is 37.4 Å². The zero-order valence-electron chi connectivity index (χ0n) is 10.3. The fraction of sp³-hybridized carbons (Fsp3) is 0.571. The molecule has 0 amide bonds. The maximum Gasteiger partial charge on any atom is 0.169 e. The Hall–Kier alpha value is -1.10. The van der Waals surface area contributed by atoms with Gasteiger partial charge in [0.15, 0.2) is 5.79 Å². The van der Waals surface area contributed by atoms with Crippen LogP contribution in [0.2, 0.25) is 0 Å². The van der Waals surface area contributed by atoms with Crippen molar-refractivity contribution < 1.29 is 14.6 Å². The summed E-state index contributed by atoms with van der Waals surface area (Å²) in [6.07, 6.45) is 3.49. The average Bonchev–Trinajstić information content (AvgIpc) is 2.98. The number of nitrogen functional groups attached to an aromatic ring is 1. The first-order chi connectivity index (χ1) is 8.74. The summed E-state index contributed by atoms with van der Waals surface area (Å²) in [5.74, 6) is -0.486. The van der Waals surface area contributed by atoms with Crippen molar-refractivity contribution in [2.75, 3.05) is 12.3 Å². The van der Waals surface area contributed by atoms with Crippen LogP contribution in [0.15, 0.2) is 24.3 Å². The van der Waals surface area contributed by atoms with Crippen molar-refractivity contribution in [3.8, 4) is 0 Å². The van der Waals surface area contributed by atoms with Gasteiger partial charge in [-0.15, -0.1) is 0 Å². The zero-order chi connectivity index (χ0) is 12.6. The minimum Gasteiger partial charge on any atom is -0.398 e. The Morgan fingerprint density at radius 1 is 1.22 bits per heavy atom. The summed E-state index contributed by atoms with van der Waals surface area (Å²) >= 11 is 0. The second kappa shape index (κ2) is 4.53. The first-order valence-corrected chi connectivity index (χ1v) is 6.55. The predicted molar refractivity (Wildman–Crippen MR) is 67.8 cm³/mol. The van der Waals surface area contributed by atoms with Gasteiger partial charge >= 0.3 is 0 Å². The van der Waals surface area contributed by atoms with Gasteiger partial charge in [-0.1, -0.05) is 18.2 Å². The van der Waals surface area contributed by atoms with Crippen molar-refractivity contribution in [1.29, 1.82) is 0 Å². The molecule has 1 aliphatic heterocycles. The van der Waals surface area contributed by atoms with Crippen molar-refractivity contribution >= 4 is 5.69 Å². The lowest BCUT2D eigenvalue weighted by molar-refractivity contribution is -0.172. The Bertz CT molecular complexity index is 429. The van der Waals surface area contributed by atoms with Crippen molar-refractivity contribution in [3.63, 3.8) is 0 Å². The van der Waals surface area contributed by atoms with Crippen molar-refractivity contribution in [1.82, 2.24) is 0 Å². The highest BCUT2D eigenvalue weighted by Gasteiger charge is 2.49. The molecule has 18 heavy (non-hydrogen) atoms. The predicted octanol–water partition coefficient (Wildman–Crippen LogP) is 1.99. The van der Waals surface area contributed by atoms with Gasteiger partial charge in [0.1, 0.15) is 12.2 Å². The van der Waals surface area contributed by atoms with Crippen LogP contribution in [0.3, 0.4) is 0 Å². The number of ether oxygens (including phenoxy) is 2. The molecule has 0 bridgehead atoms. The molecule has 1 aromatic carbocycles. The third-order valence-corrected chi connectivity index (χ3v) is 3.89. The fourth-order valence-electron chi connectivity index (χ4n) is 2.99. The molecular weight excluding hydrogens is 230 g/mol. The minimum atomic E-state index is -0.486. The lowest BCUT2D eigenvalue weighted by Crippen LogP contribution is -2.27. The highest BCUT2D eigenvalue weighted by Crippen LogP contribution is 2.47. The number of hydrogen-bond acceptors (Lipinski definition) is 4. The van der Waals surface area contributed by atoms with E-state index in [0.29, 0.717) is 5.69 Å². The lowest BCUT2D eigenvalue weighted by Gasteiger charge is -2.22. The van der Waals surface area contributed by atoms with Crippen LogP contribution in [-0.4, -0.2) is 23.6 Å². The molecule has 4 nitrogen and oxygen atoms in total. The van der Waals surface area contributed by atoms with E-state index in [1.54, 1.807) is 0 Å². The van der Waals surface area contributed by atoms with Crippen LogP contribution in [0.5, 0.6) is 0 Å². The number of rotatable bonds is 2. The summed E-state index contributed by atoms with van der Waals surface area (Å²) in [4.78, 5) is 0. The zero-order valence-corrected chi connectivity index (χ0v) is 10.3. The molecule has 3 N–H and O–H groups in total. The maximum absolute atomic E-state index is 9.49. The van der Waals surface area contributed by atoms with E-state index in [0.717, 1.165) is 31.2 Å². The van der Waals surface area contributed by atoms with Gasteiger partial charge in [-0.25, -0.2) is 0 Å². The Labute approximate surface area is 107 Å². The Kier molecular flexibility index (Phi) is 3.01. The number of para-hydroxylation sites is 1. The van der Waals surface area contributed by atoms with E-state index < -0.39 is 5.79 Å². The second-order valence-corrected chi connectivity index (χ2v) is 5.12. The molecular formula is C14H19NO3. The van der Waals surface area contributed by atoms with E-state index in [-0.39, 0.29) is 18.8 Å². The van der Waals surface area contributed by atoms with Crippen LogP contribution in [0.25, 0.3) is 0 Å². The van der Waals surface area contributed by atoms with Crippen LogP contribution in [0, 0.1) is 0 Å². The molecule has 4 heteroatoms. The lowest BCUT2D eigenvalue weighted by atomic mass is 10.0. The van der Waals surface area contributed by atoms with Crippen LogP contribution in [-0.2, 0) is 9.47 Å². The van der Waals surface area contributed by atoms with E-state index in [2.05, 4.69) is 0 Å². The molecule has 1 heterocycles. The number of hydrogen-bond donors (Lipinski definition) is 2. The summed E-state index contributed by atoms with van der Waals surface area (Å²) in [6.45, 7) is -0.0409. The van der Waals surface area contributed by atoms with Gasteiger partial charge in [-0.2, -0.15) is 0 Å². The third kappa shape index (κ3) is 1.90. The molecule has 2 aliphatic rings. The van der Waals surface area contributed by atoms with Crippen molar-refractivity contribution in [2.45, 2.75) is 43.7 Å². The number of anilines is 1. The number of nitrogens with two attached hydrogens (primary N) is 1. The van der Waals surface area contributed by atoms with Gasteiger partial charge in [0.2, 0.25) is 0 Å². The SMILES string of the molecule is Nc1ccccc1[C@@H]1OC2(CCCC2)O[C@H]1CO. The van der Waals surface area contributed by atoms with Gasteiger partial charge in [0.05, 0.1) is 6.61 Å². The molecule has 0 unspecified atom stereocenters. The molecule has 1 saturated carbocycles. The Morgan fingerprint density at radius 3 is 2.61 bits per heavy atom. The van der Waals surface area contributed by atoms with E-state index in [1.807, 2.05) is 24.3 Å². The molecule has 1 aromatic rings. The van der Waals surface area contributed by atoms with E-state index in [1.165, 1.54) is 0 Å². The summed E-state index contributed by atoms with van der Waals surface area (Å²) < 4.78 is 12.1. The smallest absolute Gasteiger partial charge is 0.169 e. The fourth-order valence-corrected chi connectivity index (χ4v) is 2.99. The van der Waals surface area contributed by atoms with Crippen molar-refractivity contribution in [3.05, 3.63) is 29.8 Å². The monoisotopic (exact) mass is 249 g/mol. The molecule has 0 radical (unpaired) electrons. The maximum atomic E-state index is 9.49. The molecule has 1 saturated heterocycles. The van der Waals surface area contributed by atoms with Crippen LogP contribution >= 0.6 is 0 Å². The van der Waals surface area contributed by atoms with E-state index >= 15 is 0 Å². The van der Waals surface area contributed by atoms with E-state index in [9.17, 15) is 5.11 Å². The van der Waals surface area contributed by atoms with Crippen LogP contribution < -0.4 is 5.73 Å². The van der Waals surface area contributed by atoms with E-state index in [4.69, 9.17) is 15.2 Å². The number of aliphatic hydroxyl groups is 1. The summed E-state index contributed by atoms with van der Waals surface area (Å²) in [6, 6.07) is 7.63. The van der Waals surface area contributed by atoms with Gasteiger partial charge in [0, 0.05) is 24.1 Å². The standard InChI is InChI=1S/C14H19NO3/c15-11-6-2-1-5-10(11)13-12(9-16)17-14(18-13)7-3-4-8-14/h1-2,5-6,12-13,16H,3-4,7-9,15H2/t12-,13-/m0/s1. The largest absolute Gasteiger partial charge is 0.398 e. The molecule has 2 atom stereocenters. The Balaban J connectivity index is 1.89. The summed E-state index contributed by atoms with van der Waals surface area (Å²) in [5.41, 5.74) is 7.60. The molecule has 3 rings (SSSR count). The minimum absolute atomic E-state index is 0.0409.